The molecule has 0 unspecified atom stereocenters. The van der Waals surface area contributed by atoms with Crippen LogP contribution in [0.3, 0.4) is 0 Å². The third-order valence-electron chi connectivity index (χ3n) is 1.41. The monoisotopic (exact) mass is 162 g/mol. The molecule has 0 saturated carbocycles. The van der Waals surface area contributed by atoms with E-state index in [2.05, 4.69) is 11.8 Å². The summed E-state index contributed by atoms with van der Waals surface area (Å²) in [5, 5.41) is 17.4. The van der Waals surface area contributed by atoms with Crippen molar-refractivity contribution in [3.05, 3.63) is 29.8 Å². The van der Waals surface area contributed by atoms with E-state index in [1.807, 2.05) is 6.07 Å². The van der Waals surface area contributed by atoms with E-state index in [1.165, 1.54) is 0 Å². The predicted octanol–water partition coefficient (Wildman–Crippen LogP) is 0.930. The van der Waals surface area contributed by atoms with E-state index in [0.29, 0.717) is 6.42 Å². The van der Waals surface area contributed by atoms with Crippen molar-refractivity contribution in [2.24, 2.45) is 0 Å². The molecule has 0 saturated heterocycles. The standard InChI is InChI=1S/C10H10O2/c11-7-2-1-4-9-5-3-6-10(12)8-9/h3,5-6,8,11-12H,4,7H2. The smallest absolute Gasteiger partial charge is 0.115 e. The van der Waals surface area contributed by atoms with E-state index in [1.54, 1.807) is 18.2 Å². The van der Waals surface area contributed by atoms with E-state index in [9.17, 15) is 0 Å². The number of hydrogen-bond donors (Lipinski definition) is 2. The summed E-state index contributed by atoms with van der Waals surface area (Å²) < 4.78 is 0. The molecular weight excluding hydrogens is 152 g/mol. The van der Waals surface area contributed by atoms with Gasteiger partial charge in [0.2, 0.25) is 0 Å². The highest BCUT2D eigenvalue weighted by atomic mass is 16.3. The number of rotatable bonds is 1. The normalized spacial score (nSPS) is 8.75. The van der Waals surface area contributed by atoms with Crippen LogP contribution in [-0.2, 0) is 6.42 Å². The predicted molar refractivity (Wildman–Crippen MR) is 46.7 cm³/mol. The summed E-state index contributed by atoms with van der Waals surface area (Å²) in [6.07, 6.45) is 0.564. The van der Waals surface area contributed by atoms with Crippen LogP contribution in [0.15, 0.2) is 24.3 Å². The highest BCUT2D eigenvalue weighted by Gasteiger charge is 1.90. The first-order valence-electron chi connectivity index (χ1n) is 3.67. The van der Waals surface area contributed by atoms with Crippen LogP contribution in [0.5, 0.6) is 5.75 Å². The number of aliphatic hydroxyl groups excluding tert-OH is 1. The van der Waals surface area contributed by atoms with Crippen molar-refractivity contribution < 1.29 is 10.2 Å². The van der Waals surface area contributed by atoms with Crippen molar-refractivity contribution >= 4 is 0 Å². The number of aliphatic hydroxyl groups is 1. The van der Waals surface area contributed by atoms with Crippen LogP contribution in [0.25, 0.3) is 0 Å². The Kier molecular flexibility index (Phi) is 3.18. The van der Waals surface area contributed by atoms with Gasteiger partial charge in [0.1, 0.15) is 12.4 Å². The minimum Gasteiger partial charge on any atom is -0.508 e. The van der Waals surface area contributed by atoms with Gasteiger partial charge in [0, 0.05) is 6.42 Å². The number of benzene rings is 1. The molecule has 1 rings (SSSR count). The molecule has 0 aliphatic rings. The molecular formula is C10H10O2. The molecule has 0 atom stereocenters. The third kappa shape index (κ3) is 2.65. The van der Waals surface area contributed by atoms with Gasteiger partial charge in [-0.2, -0.15) is 0 Å². The van der Waals surface area contributed by atoms with E-state index >= 15 is 0 Å². The maximum absolute atomic E-state index is 9.07. The fourth-order valence-corrected chi connectivity index (χ4v) is 0.887. The molecule has 2 heteroatoms. The first kappa shape index (κ1) is 8.63. The quantitative estimate of drug-likeness (QED) is 0.603. The molecule has 0 heterocycles. The average Bonchev–Trinajstić information content (AvgIpc) is 2.05. The molecule has 0 amide bonds. The Morgan fingerprint density at radius 2 is 2.08 bits per heavy atom. The molecule has 2 N–H and O–H groups in total. The topological polar surface area (TPSA) is 40.5 Å². The molecule has 0 spiro atoms. The number of aromatic hydroxyl groups is 1. The summed E-state index contributed by atoms with van der Waals surface area (Å²) >= 11 is 0. The second-order valence-electron chi connectivity index (χ2n) is 2.36. The van der Waals surface area contributed by atoms with Crippen molar-refractivity contribution in [2.75, 3.05) is 6.61 Å². The van der Waals surface area contributed by atoms with Gasteiger partial charge in [0.25, 0.3) is 0 Å². The molecule has 0 aliphatic heterocycles. The summed E-state index contributed by atoms with van der Waals surface area (Å²) in [6, 6.07) is 6.92. The SMILES string of the molecule is OCC#CCc1cccc(O)c1. The lowest BCUT2D eigenvalue weighted by atomic mass is 10.1. The van der Waals surface area contributed by atoms with Gasteiger partial charge in [-0.1, -0.05) is 24.0 Å². The van der Waals surface area contributed by atoms with Gasteiger partial charge in [-0.15, -0.1) is 0 Å². The zero-order valence-corrected chi connectivity index (χ0v) is 6.62. The summed E-state index contributed by atoms with van der Waals surface area (Å²) in [5.41, 5.74) is 0.955. The van der Waals surface area contributed by atoms with Crippen LogP contribution in [-0.4, -0.2) is 16.8 Å². The van der Waals surface area contributed by atoms with Gasteiger partial charge in [-0.25, -0.2) is 0 Å². The van der Waals surface area contributed by atoms with Crippen molar-refractivity contribution in [1.82, 2.24) is 0 Å². The van der Waals surface area contributed by atoms with Gasteiger partial charge in [0.05, 0.1) is 0 Å². The lowest BCUT2D eigenvalue weighted by Crippen LogP contribution is -1.81. The number of hydrogen-bond acceptors (Lipinski definition) is 2. The van der Waals surface area contributed by atoms with Gasteiger partial charge in [-0.05, 0) is 17.7 Å². The zero-order chi connectivity index (χ0) is 8.81. The fourth-order valence-electron chi connectivity index (χ4n) is 0.887. The Labute approximate surface area is 71.5 Å². The molecule has 0 aliphatic carbocycles. The Balaban J connectivity index is 2.63. The Hall–Kier alpha value is -1.46. The summed E-state index contributed by atoms with van der Waals surface area (Å²) in [5.74, 6) is 5.56. The summed E-state index contributed by atoms with van der Waals surface area (Å²) in [4.78, 5) is 0. The first-order valence-corrected chi connectivity index (χ1v) is 3.67. The first-order chi connectivity index (χ1) is 5.83. The highest BCUT2D eigenvalue weighted by Crippen LogP contribution is 2.10. The number of phenolic OH excluding ortho intramolecular Hbond substituents is 1. The Morgan fingerprint density at radius 1 is 1.25 bits per heavy atom. The second-order valence-corrected chi connectivity index (χ2v) is 2.36. The summed E-state index contributed by atoms with van der Waals surface area (Å²) in [6.45, 7) is -0.112. The highest BCUT2D eigenvalue weighted by molar-refractivity contribution is 5.29. The van der Waals surface area contributed by atoms with Gasteiger partial charge >= 0.3 is 0 Å². The Morgan fingerprint density at radius 3 is 2.75 bits per heavy atom. The van der Waals surface area contributed by atoms with Gasteiger partial charge < -0.3 is 10.2 Å². The molecule has 2 nitrogen and oxygen atoms in total. The van der Waals surface area contributed by atoms with Crippen molar-refractivity contribution in [3.8, 4) is 17.6 Å². The van der Waals surface area contributed by atoms with E-state index in [0.717, 1.165) is 5.56 Å². The second kappa shape index (κ2) is 4.42. The molecule has 62 valence electrons. The van der Waals surface area contributed by atoms with Crippen molar-refractivity contribution in [2.45, 2.75) is 6.42 Å². The van der Waals surface area contributed by atoms with Crippen LogP contribution in [0, 0.1) is 11.8 Å². The molecule has 1 aromatic rings. The molecule has 0 fully saturated rings. The van der Waals surface area contributed by atoms with Crippen molar-refractivity contribution in [3.63, 3.8) is 0 Å². The maximum atomic E-state index is 9.07. The molecule has 0 aromatic heterocycles. The largest absolute Gasteiger partial charge is 0.508 e. The van der Waals surface area contributed by atoms with E-state index < -0.39 is 0 Å². The van der Waals surface area contributed by atoms with Gasteiger partial charge in [0.15, 0.2) is 0 Å². The molecule has 1 aromatic carbocycles. The van der Waals surface area contributed by atoms with Gasteiger partial charge in [-0.3, -0.25) is 0 Å². The lowest BCUT2D eigenvalue weighted by Gasteiger charge is -1.94. The lowest BCUT2D eigenvalue weighted by molar-refractivity contribution is 0.350. The third-order valence-corrected chi connectivity index (χ3v) is 1.41. The zero-order valence-electron chi connectivity index (χ0n) is 6.62. The van der Waals surface area contributed by atoms with Crippen LogP contribution < -0.4 is 0 Å². The minimum atomic E-state index is -0.112. The Bertz CT molecular complexity index is 307. The van der Waals surface area contributed by atoms with Crippen LogP contribution in [0.4, 0.5) is 0 Å². The van der Waals surface area contributed by atoms with E-state index in [4.69, 9.17) is 10.2 Å². The maximum Gasteiger partial charge on any atom is 0.115 e. The number of phenols is 1. The molecule has 0 radical (unpaired) electrons. The fraction of sp³-hybridized carbons (Fsp3) is 0.200. The van der Waals surface area contributed by atoms with Crippen LogP contribution >= 0.6 is 0 Å². The minimum absolute atomic E-state index is 0.112. The summed E-state index contributed by atoms with van der Waals surface area (Å²) in [7, 11) is 0. The molecule has 12 heavy (non-hydrogen) atoms. The van der Waals surface area contributed by atoms with E-state index in [-0.39, 0.29) is 12.4 Å². The average molecular weight is 162 g/mol. The van der Waals surface area contributed by atoms with Crippen LogP contribution in [0.1, 0.15) is 5.56 Å². The molecule has 0 bridgehead atoms. The van der Waals surface area contributed by atoms with Crippen LogP contribution in [0.2, 0.25) is 0 Å². The van der Waals surface area contributed by atoms with Crippen molar-refractivity contribution in [1.29, 1.82) is 0 Å².